The number of nitrogens with one attached hydrogen (secondary N) is 1. The summed E-state index contributed by atoms with van der Waals surface area (Å²) < 4.78 is 45.7. The Labute approximate surface area is 212 Å². The standard InChI is InChI=1S/C26H27F3N6O2/c27-26(28,29)18-5-2-11-34(14-18)23-9-8-21-24(32-23)35(20-7-3-10-33(21)15-20)25(36)31-19-6-1-4-17(12-19)22-13-30-16-37-22/h1,4,6,8-9,12-13,16,18,20H,2-3,5,7,10-11,14-15H2,(H,31,36)/t18?,20-/m0/s1. The zero-order valence-corrected chi connectivity index (χ0v) is 20.1. The van der Waals surface area contributed by atoms with Crippen molar-refractivity contribution in [1.82, 2.24) is 9.97 Å². The highest BCUT2D eigenvalue weighted by Crippen LogP contribution is 2.41. The van der Waals surface area contributed by atoms with Crippen molar-refractivity contribution in [3.8, 4) is 11.3 Å². The van der Waals surface area contributed by atoms with Gasteiger partial charge in [-0.2, -0.15) is 13.2 Å². The highest BCUT2D eigenvalue weighted by molar-refractivity contribution is 6.04. The van der Waals surface area contributed by atoms with Gasteiger partial charge in [0.15, 0.2) is 18.0 Å². The van der Waals surface area contributed by atoms with E-state index in [0.29, 0.717) is 42.6 Å². The maximum Gasteiger partial charge on any atom is 0.393 e. The molecule has 2 saturated heterocycles. The van der Waals surface area contributed by atoms with E-state index < -0.39 is 12.1 Å². The van der Waals surface area contributed by atoms with Crippen molar-refractivity contribution >= 4 is 29.0 Å². The molecule has 0 radical (unpaired) electrons. The molecule has 0 saturated carbocycles. The van der Waals surface area contributed by atoms with Gasteiger partial charge in [-0.1, -0.05) is 12.1 Å². The summed E-state index contributed by atoms with van der Waals surface area (Å²) in [4.78, 5) is 28.0. The highest BCUT2D eigenvalue weighted by Gasteiger charge is 2.43. The van der Waals surface area contributed by atoms with Crippen LogP contribution in [0.15, 0.2) is 53.4 Å². The topological polar surface area (TPSA) is 77.7 Å². The number of alkyl halides is 3. The second-order valence-electron chi connectivity index (χ2n) is 9.83. The van der Waals surface area contributed by atoms with Gasteiger partial charge in [-0.15, -0.1) is 0 Å². The number of urea groups is 1. The van der Waals surface area contributed by atoms with Gasteiger partial charge in [0.25, 0.3) is 0 Å². The van der Waals surface area contributed by atoms with Crippen molar-refractivity contribution in [2.75, 3.05) is 46.2 Å². The monoisotopic (exact) mass is 512 g/mol. The number of amides is 2. The van der Waals surface area contributed by atoms with Crippen LogP contribution in [-0.2, 0) is 0 Å². The minimum atomic E-state index is -4.23. The Morgan fingerprint density at radius 2 is 1.89 bits per heavy atom. The molecule has 2 atom stereocenters. The number of rotatable bonds is 3. The fraction of sp³-hybridized carbons (Fsp3) is 0.423. The van der Waals surface area contributed by atoms with Gasteiger partial charge in [-0.3, -0.25) is 4.90 Å². The number of halogens is 3. The summed E-state index contributed by atoms with van der Waals surface area (Å²) in [7, 11) is 0. The number of benzene rings is 1. The third kappa shape index (κ3) is 4.58. The number of oxazole rings is 1. The van der Waals surface area contributed by atoms with Crippen molar-refractivity contribution in [2.45, 2.75) is 37.9 Å². The number of fused-ring (bicyclic) bond motifs is 4. The second kappa shape index (κ2) is 9.28. The number of pyridine rings is 1. The molecule has 2 aromatic heterocycles. The van der Waals surface area contributed by atoms with Gasteiger partial charge in [0.05, 0.1) is 23.8 Å². The molecule has 5 heterocycles. The first-order valence-corrected chi connectivity index (χ1v) is 12.5. The molecular formula is C26H27F3N6O2. The lowest BCUT2D eigenvalue weighted by atomic mass is 9.97. The molecule has 3 aliphatic rings. The molecule has 3 aliphatic heterocycles. The fourth-order valence-corrected chi connectivity index (χ4v) is 5.60. The van der Waals surface area contributed by atoms with E-state index in [1.165, 1.54) is 6.39 Å². The van der Waals surface area contributed by atoms with Crippen LogP contribution < -0.4 is 20.0 Å². The predicted octanol–water partition coefficient (Wildman–Crippen LogP) is 5.54. The van der Waals surface area contributed by atoms with E-state index in [1.54, 1.807) is 28.1 Å². The molecule has 8 nitrogen and oxygen atoms in total. The Balaban J connectivity index is 1.30. The van der Waals surface area contributed by atoms with Gasteiger partial charge in [0, 0.05) is 37.4 Å². The second-order valence-corrected chi connectivity index (χ2v) is 9.83. The molecule has 37 heavy (non-hydrogen) atoms. The van der Waals surface area contributed by atoms with Crippen LogP contribution in [-0.4, -0.2) is 54.4 Å². The Hall–Kier alpha value is -3.76. The molecule has 0 spiro atoms. The Morgan fingerprint density at radius 1 is 1.05 bits per heavy atom. The van der Waals surface area contributed by atoms with Crippen LogP contribution in [0.5, 0.6) is 0 Å². The van der Waals surface area contributed by atoms with Crippen LogP contribution in [0.25, 0.3) is 11.3 Å². The van der Waals surface area contributed by atoms with Crippen molar-refractivity contribution < 1.29 is 22.4 Å². The van der Waals surface area contributed by atoms with Crippen molar-refractivity contribution in [3.05, 3.63) is 49.0 Å². The summed E-state index contributed by atoms with van der Waals surface area (Å²) in [5, 5.41) is 2.99. The first kappa shape index (κ1) is 23.6. The van der Waals surface area contributed by atoms with Crippen LogP contribution in [0, 0.1) is 5.92 Å². The van der Waals surface area contributed by atoms with Crippen molar-refractivity contribution in [3.63, 3.8) is 0 Å². The largest absolute Gasteiger partial charge is 0.444 e. The summed E-state index contributed by atoms with van der Waals surface area (Å²) in [5.41, 5.74) is 2.21. The van der Waals surface area contributed by atoms with Crippen molar-refractivity contribution in [2.24, 2.45) is 5.92 Å². The molecule has 1 unspecified atom stereocenters. The van der Waals surface area contributed by atoms with Gasteiger partial charge in [0.2, 0.25) is 0 Å². The number of carbonyl (C=O) groups excluding carboxylic acids is 1. The first-order chi connectivity index (χ1) is 17.9. The van der Waals surface area contributed by atoms with Crippen LogP contribution >= 0.6 is 0 Å². The third-order valence-corrected chi connectivity index (χ3v) is 7.43. The zero-order valence-electron chi connectivity index (χ0n) is 20.1. The molecule has 2 bridgehead atoms. The Morgan fingerprint density at radius 3 is 2.70 bits per heavy atom. The SMILES string of the molecule is O=C(Nc1cccc(-c2cnco2)c1)N1c2nc(N3CCCC(C(F)(F)F)C3)ccc2N2CCC[C@H]1C2. The summed E-state index contributed by atoms with van der Waals surface area (Å²) in [6.07, 6.45) is 1.06. The Kier molecular flexibility index (Phi) is 5.92. The third-order valence-electron chi connectivity index (χ3n) is 7.43. The van der Waals surface area contributed by atoms with E-state index in [1.807, 2.05) is 24.3 Å². The van der Waals surface area contributed by atoms with E-state index in [0.717, 1.165) is 30.6 Å². The van der Waals surface area contributed by atoms with Gasteiger partial charge < -0.3 is 19.5 Å². The average molecular weight is 513 g/mol. The lowest BCUT2D eigenvalue weighted by Gasteiger charge is -2.46. The molecule has 2 amide bonds. The predicted molar refractivity (Wildman–Crippen MR) is 134 cm³/mol. The smallest absolute Gasteiger partial charge is 0.393 e. The molecule has 2 fully saturated rings. The maximum absolute atomic E-state index is 13.7. The lowest BCUT2D eigenvalue weighted by molar-refractivity contribution is -0.176. The lowest BCUT2D eigenvalue weighted by Crippen LogP contribution is -2.56. The number of carbonyl (C=O) groups is 1. The normalized spacial score (nSPS) is 21.5. The number of hydrogen-bond acceptors (Lipinski definition) is 6. The molecule has 1 N–H and O–H groups in total. The van der Waals surface area contributed by atoms with Gasteiger partial charge in [0.1, 0.15) is 5.82 Å². The quantitative estimate of drug-likeness (QED) is 0.497. The molecule has 6 rings (SSSR count). The summed E-state index contributed by atoms with van der Waals surface area (Å²) in [5.74, 6) is 0.177. The number of aromatic nitrogens is 2. The van der Waals surface area contributed by atoms with Crippen molar-refractivity contribution in [1.29, 1.82) is 0 Å². The minimum Gasteiger partial charge on any atom is -0.444 e. The Bertz CT molecular complexity index is 1280. The zero-order chi connectivity index (χ0) is 25.6. The van der Waals surface area contributed by atoms with Gasteiger partial charge >= 0.3 is 12.2 Å². The van der Waals surface area contributed by atoms with E-state index in [-0.39, 0.29) is 25.0 Å². The highest BCUT2D eigenvalue weighted by atomic mass is 19.4. The average Bonchev–Trinajstić information content (AvgIpc) is 3.44. The summed E-state index contributed by atoms with van der Waals surface area (Å²) >= 11 is 0. The van der Waals surface area contributed by atoms with Crippen LogP contribution in [0.2, 0.25) is 0 Å². The summed E-state index contributed by atoms with van der Waals surface area (Å²) in [6.45, 7) is 1.94. The molecule has 194 valence electrons. The van der Waals surface area contributed by atoms with E-state index in [2.05, 4.69) is 15.2 Å². The molecular weight excluding hydrogens is 485 g/mol. The number of hydrogen-bond donors (Lipinski definition) is 1. The summed E-state index contributed by atoms with van der Waals surface area (Å²) in [6, 6.07) is 10.6. The first-order valence-electron chi connectivity index (χ1n) is 12.5. The van der Waals surface area contributed by atoms with E-state index >= 15 is 0 Å². The minimum absolute atomic E-state index is 0.0780. The molecule has 0 aliphatic carbocycles. The fourth-order valence-electron chi connectivity index (χ4n) is 5.60. The molecule has 11 heteroatoms. The molecule has 1 aromatic carbocycles. The van der Waals surface area contributed by atoms with Crippen LogP contribution in [0.1, 0.15) is 25.7 Å². The van der Waals surface area contributed by atoms with E-state index in [9.17, 15) is 18.0 Å². The number of anilines is 4. The van der Waals surface area contributed by atoms with E-state index in [4.69, 9.17) is 9.40 Å². The van der Waals surface area contributed by atoms with Gasteiger partial charge in [-0.05, 0) is 49.9 Å². The van der Waals surface area contributed by atoms with Crippen LogP contribution in [0.3, 0.4) is 0 Å². The van der Waals surface area contributed by atoms with Gasteiger partial charge in [-0.25, -0.2) is 14.8 Å². The van der Waals surface area contributed by atoms with Crippen LogP contribution in [0.4, 0.5) is 41.0 Å². The number of nitrogens with zero attached hydrogens (tertiary/aromatic N) is 5. The number of piperidine rings is 2. The maximum atomic E-state index is 13.7. The molecule has 3 aromatic rings.